The van der Waals surface area contributed by atoms with Crippen LogP contribution in [-0.4, -0.2) is 24.9 Å². The van der Waals surface area contributed by atoms with Crippen molar-refractivity contribution in [2.24, 2.45) is 13.0 Å². The summed E-state index contributed by atoms with van der Waals surface area (Å²) in [6, 6.07) is 7.36. The number of nitrogens with zero attached hydrogens (tertiary/aromatic N) is 3. The van der Waals surface area contributed by atoms with Crippen LogP contribution in [-0.2, 0) is 13.6 Å². The van der Waals surface area contributed by atoms with E-state index in [9.17, 15) is 9.59 Å². The Labute approximate surface area is 160 Å². The van der Waals surface area contributed by atoms with E-state index in [2.05, 4.69) is 23.8 Å². The van der Waals surface area contributed by atoms with Gasteiger partial charge in [-0.3, -0.25) is 14.1 Å². The van der Waals surface area contributed by atoms with Crippen LogP contribution in [0.1, 0.15) is 25.8 Å². The van der Waals surface area contributed by atoms with Gasteiger partial charge in [0.05, 0.1) is 6.54 Å². The van der Waals surface area contributed by atoms with Gasteiger partial charge in [0.2, 0.25) is 0 Å². The van der Waals surface area contributed by atoms with Crippen LogP contribution in [0.4, 0.5) is 0 Å². The summed E-state index contributed by atoms with van der Waals surface area (Å²) in [6.07, 6.45) is 1.01. The van der Waals surface area contributed by atoms with E-state index < -0.39 is 0 Å². The van der Waals surface area contributed by atoms with Crippen molar-refractivity contribution in [1.29, 1.82) is 0 Å². The van der Waals surface area contributed by atoms with Crippen molar-refractivity contribution in [2.45, 2.75) is 31.8 Å². The van der Waals surface area contributed by atoms with E-state index in [4.69, 9.17) is 11.6 Å². The average molecular weight is 393 g/mol. The molecule has 1 aromatic carbocycles. The van der Waals surface area contributed by atoms with E-state index in [-0.39, 0.29) is 11.4 Å². The number of fused-ring (bicyclic) bond motifs is 1. The Balaban J connectivity index is 2.08. The number of benzene rings is 1. The first-order valence-electron chi connectivity index (χ1n) is 8.43. The second-order valence-corrected chi connectivity index (χ2v) is 8.15. The fourth-order valence-corrected chi connectivity index (χ4v) is 4.04. The first kappa shape index (κ1) is 18.8. The lowest BCUT2D eigenvalue weighted by molar-refractivity contribution is 0.631. The van der Waals surface area contributed by atoms with Gasteiger partial charge in [0.15, 0.2) is 0 Å². The van der Waals surface area contributed by atoms with Gasteiger partial charge in [-0.2, -0.15) is 4.98 Å². The molecule has 0 bridgehead atoms. The maximum absolute atomic E-state index is 12.5. The summed E-state index contributed by atoms with van der Waals surface area (Å²) in [5, 5.41) is 1.24. The number of thioether (sulfide) groups is 1. The lowest BCUT2D eigenvalue weighted by Crippen LogP contribution is -2.21. The highest BCUT2D eigenvalue weighted by Gasteiger charge is 2.17. The Morgan fingerprint density at radius 1 is 1.23 bits per heavy atom. The Morgan fingerprint density at radius 2 is 1.92 bits per heavy atom. The normalized spacial score (nSPS) is 11.6. The zero-order valence-electron chi connectivity index (χ0n) is 15.0. The second-order valence-electron chi connectivity index (χ2n) is 6.63. The molecule has 6 nitrogen and oxygen atoms in total. The molecule has 3 rings (SSSR count). The molecule has 8 heteroatoms. The molecule has 0 atom stereocenters. The molecule has 0 aliphatic rings. The maximum Gasteiger partial charge on any atom is 0.350 e. The van der Waals surface area contributed by atoms with Crippen LogP contribution in [0.3, 0.4) is 0 Å². The number of H-pyrrole nitrogens is 1. The SMILES string of the molecule is CC(C)CCSc1nc(=O)n(C)c2[nH]c(=O)n(Cc3ccc(Cl)cc3)c12. The monoisotopic (exact) mass is 392 g/mol. The summed E-state index contributed by atoms with van der Waals surface area (Å²) in [5.74, 6) is 1.40. The van der Waals surface area contributed by atoms with Gasteiger partial charge in [-0.05, 0) is 35.8 Å². The number of imidazole rings is 1. The summed E-state index contributed by atoms with van der Waals surface area (Å²) < 4.78 is 3.00. The van der Waals surface area contributed by atoms with E-state index in [1.165, 1.54) is 16.3 Å². The number of aromatic amines is 1. The quantitative estimate of drug-likeness (QED) is 0.516. The van der Waals surface area contributed by atoms with Crippen molar-refractivity contribution in [1.82, 2.24) is 19.1 Å². The van der Waals surface area contributed by atoms with Gasteiger partial charge < -0.3 is 0 Å². The number of halogens is 1. The molecule has 0 unspecified atom stereocenters. The maximum atomic E-state index is 12.5. The van der Waals surface area contributed by atoms with Crippen molar-refractivity contribution in [3.05, 3.63) is 55.8 Å². The highest BCUT2D eigenvalue weighted by Crippen LogP contribution is 2.25. The van der Waals surface area contributed by atoms with Gasteiger partial charge in [0.1, 0.15) is 16.2 Å². The number of aromatic nitrogens is 4. The first-order valence-corrected chi connectivity index (χ1v) is 9.80. The van der Waals surface area contributed by atoms with Crippen LogP contribution in [0.5, 0.6) is 0 Å². The molecule has 26 heavy (non-hydrogen) atoms. The lowest BCUT2D eigenvalue weighted by Gasteiger charge is -2.09. The first-order chi connectivity index (χ1) is 12.4. The smallest absolute Gasteiger partial charge is 0.291 e. The average Bonchev–Trinajstić information content (AvgIpc) is 2.91. The van der Waals surface area contributed by atoms with Crippen molar-refractivity contribution >= 4 is 34.5 Å². The van der Waals surface area contributed by atoms with E-state index in [0.717, 1.165) is 17.7 Å². The van der Waals surface area contributed by atoms with Crippen LogP contribution >= 0.6 is 23.4 Å². The minimum Gasteiger partial charge on any atom is -0.291 e. The number of hydrogen-bond donors (Lipinski definition) is 1. The number of hydrogen-bond acceptors (Lipinski definition) is 4. The molecule has 0 aliphatic carbocycles. The van der Waals surface area contributed by atoms with Gasteiger partial charge in [-0.15, -0.1) is 11.8 Å². The summed E-state index contributed by atoms with van der Waals surface area (Å²) in [5.41, 5.74) is 1.48. The number of rotatable bonds is 6. The highest BCUT2D eigenvalue weighted by molar-refractivity contribution is 7.99. The molecule has 2 heterocycles. The lowest BCUT2D eigenvalue weighted by atomic mass is 10.2. The zero-order valence-corrected chi connectivity index (χ0v) is 16.5. The Morgan fingerprint density at radius 3 is 2.58 bits per heavy atom. The summed E-state index contributed by atoms with van der Waals surface area (Å²) in [6.45, 7) is 4.69. The van der Waals surface area contributed by atoms with E-state index in [1.807, 2.05) is 12.1 Å². The van der Waals surface area contributed by atoms with Crippen LogP contribution in [0.2, 0.25) is 5.02 Å². The third-order valence-corrected chi connectivity index (χ3v) is 5.42. The fraction of sp³-hybridized carbons (Fsp3) is 0.389. The molecule has 3 aromatic rings. The standard InChI is InChI=1S/C18H21ClN4O2S/c1-11(2)8-9-26-16-14-15(22(3)17(24)21-16)20-18(25)23(14)10-12-4-6-13(19)7-5-12/h4-7,11H,8-10H2,1-3H3,(H,20,25). The molecule has 0 saturated carbocycles. The van der Waals surface area contributed by atoms with Crippen LogP contribution in [0.25, 0.3) is 11.2 Å². The third-order valence-electron chi connectivity index (χ3n) is 4.17. The van der Waals surface area contributed by atoms with Crippen molar-refractivity contribution < 1.29 is 0 Å². The predicted molar refractivity (Wildman–Crippen MR) is 106 cm³/mol. The highest BCUT2D eigenvalue weighted by atomic mass is 35.5. The zero-order chi connectivity index (χ0) is 18.8. The van der Waals surface area contributed by atoms with Gasteiger partial charge in [-0.1, -0.05) is 37.6 Å². The summed E-state index contributed by atoms with van der Waals surface area (Å²) in [4.78, 5) is 31.7. The molecule has 0 fully saturated rings. The number of nitrogens with one attached hydrogen (secondary N) is 1. The van der Waals surface area contributed by atoms with Crippen molar-refractivity contribution in [2.75, 3.05) is 5.75 Å². The molecular formula is C18H21ClN4O2S. The Bertz CT molecular complexity index is 1030. The van der Waals surface area contributed by atoms with E-state index in [0.29, 0.717) is 33.7 Å². The molecular weight excluding hydrogens is 372 g/mol. The minimum absolute atomic E-state index is 0.261. The molecule has 0 aliphatic heterocycles. The van der Waals surface area contributed by atoms with Crippen LogP contribution in [0, 0.1) is 5.92 Å². The fourth-order valence-electron chi connectivity index (χ4n) is 2.64. The molecule has 0 amide bonds. The van der Waals surface area contributed by atoms with E-state index >= 15 is 0 Å². The molecule has 0 radical (unpaired) electrons. The van der Waals surface area contributed by atoms with Crippen LogP contribution < -0.4 is 11.4 Å². The van der Waals surface area contributed by atoms with Gasteiger partial charge >= 0.3 is 11.4 Å². The van der Waals surface area contributed by atoms with Crippen molar-refractivity contribution in [3.8, 4) is 0 Å². The van der Waals surface area contributed by atoms with Crippen molar-refractivity contribution in [3.63, 3.8) is 0 Å². The molecule has 0 spiro atoms. The molecule has 1 N–H and O–H groups in total. The van der Waals surface area contributed by atoms with Gasteiger partial charge in [0.25, 0.3) is 0 Å². The van der Waals surface area contributed by atoms with Gasteiger partial charge in [-0.25, -0.2) is 9.59 Å². The Kier molecular flexibility index (Phi) is 5.58. The largest absolute Gasteiger partial charge is 0.350 e. The molecule has 2 aromatic heterocycles. The Hall–Kier alpha value is -1.99. The minimum atomic E-state index is -0.371. The second kappa shape index (κ2) is 7.72. The third kappa shape index (κ3) is 3.88. The molecule has 0 saturated heterocycles. The van der Waals surface area contributed by atoms with Crippen LogP contribution in [0.15, 0.2) is 38.9 Å². The molecule has 138 valence electrons. The topological polar surface area (TPSA) is 72.7 Å². The number of aryl methyl sites for hydroxylation is 1. The van der Waals surface area contributed by atoms with Gasteiger partial charge in [0, 0.05) is 12.1 Å². The summed E-state index contributed by atoms with van der Waals surface area (Å²) in [7, 11) is 1.61. The predicted octanol–water partition coefficient (Wildman–Crippen LogP) is 3.26. The van der Waals surface area contributed by atoms with E-state index in [1.54, 1.807) is 23.7 Å². The summed E-state index contributed by atoms with van der Waals surface area (Å²) >= 11 is 7.46.